The average molecular weight is 316 g/mol. The van der Waals surface area contributed by atoms with E-state index in [0.717, 1.165) is 12.1 Å². The fourth-order valence-electron chi connectivity index (χ4n) is 0.784. The van der Waals surface area contributed by atoms with E-state index in [4.69, 9.17) is 0 Å². The molecule has 1 rings (SSSR count). The minimum Gasteiger partial charge on any atom is -0.204 e. The first-order valence-electron chi connectivity index (χ1n) is 3.18. The van der Waals surface area contributed by atoms with Gasteiger partial charge in [-0.25, -0.2) is 13.2 Å². The van der Waals surface area contributed by atoms with Crippen LogP contribution in [0.1, 0.15) is 5.56 Å². The van der Waals surface area contributed by atoms with Gasteiger partial charge in [0, 0.05) is 0 Å². The van der Waals surface area contributed by atoms with E-state index >= 15 is 0 Å². The van der Waals surface area contributed by atoms with E-state index in [1.807, 2.05) is 0 Å². The fourth-order valence-corrected chi connectivity index (χ4v) is 1.31. The molecular formula is C8H3Br2F3. The van der Waals surface area contributed by atoms with E-state index in [9.17, 15) is 13.2 Å². The third kappa shape index (κ3) is 2.84. The largest absolute Gasteiger partial charge is 0.204 e. The van der Waals surface area contributed by atoms with Crippen molar-refractivity contribution in [2.75, 3.05) is 0 Å². The Hall–Kier alpha value is -0.290. The first-order valence-corrected chi connectivity index (χ1v) is 4.76. The smallest absolute Gasteiger partial charge is 0.194 e. The molecule has 0 aliphatic rings. The van der Waals surface area contributed by atoms with Crippen LogP contribution < -0.4 is 0 Å². The van der Waals surface area contributed by atoms with Crippen LogP contribution in [0.2, 0.25) is 0 Å². The Bertz CT molecular complexity index is 333. The second-order valence-electron chi connectivity index (χ2n) is 2.23. The highest BCUT2D eigenvalue weighted by Gasteiger charge is 2.09. The number of halogens is 5. The summed E-state index contributed by atoms with van der Waals surface area (Å²) in [6.45, 7) is 0. The van der Waals surface area contributed by atoms with Crippen molar-refractivity contribution in [3.8, 4) is 0 Å². The van der Waals surface area contributed by atoms with Crippen LogP contribution in [0.4, 0.5) is 13.2 Å². The average Bonchev–Trinajstić information content (AvgIpc) is 1.98. The summed E-state index contributed by atoms with van der Waals surface area (Å²) in [5.41, 5.74) is 0.236. The second-order valence-corrected chi connectivity index (χ2v) is 5.01. The molecule has 0 aliphatic heterocycles. The Kier molecular flexibility index (Phi) is 3.55. The number of hydrogen-bond donors (Lipinski definition) is 0. The highest BCUT2D eigenvalue weighted by Crippen LogP contribution is 2.20. The third-order valence-electron chi connectivity index (χ3n) is 1.28. The molecule has 1 aromatic rings. The Labute approximate surface area is 89.7 Å². The molecule has 0 nitrogen and oxygen atoms in total. The molecule has 0 unspecified atom stereocenters. The van der Waals surface area contributed by atoms with Gasteiger partial charge in [-0.3, -0.25) is 0 Å². The van der Waals surface area contributed by atoms with Crippen LogP contribution in [0.25, 0.3) is 6.08 Å². The van der Waals surface area contributed by atoms with Crippen molar-refractivity contribution in [1.29, 1.82) is 0 Å². The molecule has 1 aromatic carbocycles. The lowest BCUT2D eigenvalue weighted by atomic mass is 10.2. The van der Waals surface area contributed by atoms with Gasteiger partial charge in [0.2, 0.25) is 0 Å². The molecule has 0 fully saturated rings. The van der Waals surface area contributed by atoms with Gasteiger partial charge in [0.1, 0.15) is 0 Å². The Balaban J connectivity index is 3.21. The molecule has 5 heteroatoms. The monoisotopic (exact) mass is 314 g/mol. The van der Waals surface area contributed by atoms with Gasteiger partial charge in [-0.15, -0.1) is 0 Å². The van der Waals surface area contributed by atoms with Crippen molar-refractivity contribution < 1.29 is 13.2 Å². The topological polar surface area (TPSA) is 0 Å². The summed E-state index contributed by atoms with van der Waals surface area (Å²) in [5.74, 6) is -3.86. The molecule has 0 saturated heterocycles. The lowest BCUT2D eigenvalue weighted by Crippen LogP contribution is -1.90. The molecule has 0 heterocycles. The van der Waals surface area contributed by atoms with Crippen LogP contribution in [0.15, 0.2) is 15.5 Å². The number of rotatable bonds is 1. The number of hydrogen-bond acceptors (Lipinski definition) is 0. The summed E-state index contributed by atoms with van der Waals surface area (Å²) in [6.07, 6.45) is 1.41. The zero-order valence-electron chi connectivity index (χ0n) is 6.12. The SMILES string of the molecule is Fc1cc(C=C(Br)Br)cc(F)c1F. The van der Waals surface area contributed by atoms with E-state index < -0.39 is 17.5 Å². The zero-order chi connectivity index (χ0) is 10.0. The van der Waals surface area contributed by atoms with Gasteiger partial charge in [0.25, 0.3) is 0 Å². The van der Waals surface area contributed by atoms with Crippen molar-refractivity contribution in [3.63, 3.8) is 0 Å². The standard InChI is InChI=1S/C8H3Br2F3/c9-7(10)3-4-1-5(11)8(13)6(12)2-4/h1-3H. The Morgan fingerprint density at radius 3 is 1.92 bits per heavy atom. The van der Waals surface area contributed by atoms with Crippen LogP contribution in [0.3, 0.4) is 0 Å². The van der Waals surface area contributed by atoms with E-state index in [0.29, 0.717) is 3.39 Å². The summed E-state index contributed by atoms with van der Waals surface area (Å²) in [5, 5.41) is 0. The summed E-state index contributed by atoms with van der Waals surface area (Å²) >= 11 is 6.04. The fraction of sp³-hybridized carbons (Fsp3) is 0. The molecule has 0 atom stereocenters. The van der Waals surface area contributed by atoms with Gasteiger partial charge < -0.3 is 0 Å². The van der Waals surface area contributed by atoms with Crippen molar-refractivity contribution >= 4 is 37.9 Å². The second kappa shape index (κ2) is 4.28. The van der Waals surface area contributed by atoms with Gasteiger partial charge >= 0.3 is 0 Å². The maximum Gasteiger partial charge on any atom is 0.194 e. The van der Waals surface area contributed by atoms with Gasteiger partial charge in [-0.2, -0.15) is 0 Å². The predicted molar refractivity (Wildman–Crippen MR) is 52.1 cm³/mol. The molecule has 0 aliphatic carbocycles. The van der Waals surface area contributed by atoms with E-state index in [-0.39, 0.29) is 5.56 Å². The lowest BCUT2D eigenvalue weighted by Gasteiger charge is -1.97. The molecule has 0 amide bonds. The minimum atomic E-state index is -1.46. The maximum absolute atomic E-state index is 12.6. The van der Waals surface area contributed by atoms with Crippen molar-refractivity contribution in [3.05, 3.63) is 38.5 Å². The molecule has 13 heavy (non-hydrogen) atoms. The molecule has 70 valence electrons. The molecule has 0 bridgehead atoms. The van der Waals surface area contributed by atoms with E-state index in [1.165, 1.54) is 6.08 Å². The normalized spacial score (nSPS) is 9.92. The molecule has 0 aromatic heterocycles. The van der Waals surface area contributed by atoms with Gasteiger partial charge in [0.05, 0.1) is 3.39 Å². The van der Waals surface area contributed by atoms with Crippen LogP contribution in [-0.2, 0) is 0 Å². The first kappa shape index (κ1) is 10.8. The van der Waals surface area contributed by atoms with Crippen molar-refractivity contribution in [1.82, 2.24) is 0 Å². The van der Waals surface area contributed by atoms with Crippen LogP contribution >= 0.6 is 31.9 Å². The summed E-state index contributed by atoms with van der Waals surface area (Å²) in [4.78, 5) is 0. The lowest BCUT2D eigenvalue weighted by molar-refractivity contribution is 0.447. The van der Waals surface area contributed by atoms with E-state index in [1.54, 1.807) is 0 Å². The molecule has 0 radical (unpaired) electrons. The Morgan fingerprint density at radius 1 is 1.08 bits per heavy atom. The maximum atomic E-state index is 12.6. The first-order chi connectivity index (χ1) is 6.00. The number of benzene rings is 1. The highest BCUT2D eigenvalue weighted by molar-refractivity contribution is 9.28. The minimum absolute atomic E-state index is 0.236. The van der Waals surface area contributed by atoms with Crippen LogP contribution in [0.5, 0.6) is 0 Å². The predicted octanol–water partition coefficient (Wildman–Crippen LogP) is 4.19. The van der Waals surface area contributed by atoms with Crippen LogP contribution in [-0.4, -0.2) is 0 Å². The summed E-state index contributed by atoms with van der Waals surface area (Å²) in [7, 11) is 0. The zero-order valence-corrected chi connectivity index (χ0v) is 9.29. The summed E-state index contributed by atoms with van der Waals surface area (Å²) in [6, 6.07) is 1.81. The van der Waals surface area contributed by atoms with Gasteiger partial charge in [0.15, 0.2) is 17.5 Å². The van der Waals surface area contributed by atoms with Crippen molar-refractivity contribution in [2.45, 2.75) is 0 Å². The quantitative estimate of drug-likeness (QED) is 0.682. The summed E-state index contributed by atoms with van der Waals surface area (Å²) < 4.78 is 38.2. The molecular weight excluding hydrogens is 313 g/mol. The molecule has 0 spiro atoms. The molecule has 0 N–H and O–H groups in total. The Morgan fingerprint density at radius 2 is 1.54 bits per heavy atom. The molecule has 0 saturated carbocycles. The highest BCUT2D eigenvalue weighted by atomic mass is 79.9. The van der Waals surface area contributed by atoms with Crippen LogP contribution in [0, 0.1) is 17.5 Å². The van der Waals surface area contributed by atoms with Gasteiger partial charge in [-0.1, -0.05) is 0 Å². The third-order valence-corrected chi connectivity index (χ3v) is 1.74. The van der Waals surface area contributed by atoms with Gasteiger partial charge in [-0.05, 0) is 55.6 Å². The van der Waals surface area contributed by atoms with E-state index in [2.05, 4.69) is 31.9 Å². The van der Waals surface area contributed by atoms with Crippen molar-refractivity contribution in [2.24, 2.45) is 0 Å².